The van der Waals surface area contributed by atoms with E-state index in [-0.39, 0.29) is 16.1 Å². The van der Waals surface area contributed by atoms with Crippen LogP contribution in [-0.4, -0.2) is 31.4 Å². The van der Waals surface area contributed by atoms with Crippen molar-refractivity contribution in [2.45, 2.75) is 0 Å². The molecule has 0 radical (unpaired) electrons. The lowest BCUT2D eigenvalue weighted by molar-refractivity contribution is -0.115. The van der Waals surface area contributed by atoms with Gasteiger partial charge in [-0.1, -0.05) is 23.7 Å². The molecule has 0 saturated heterocycles. The van der Waals surface area contributed by atoms with Crippen LogP contribution in [0.25, 0.3) is 0 Å². The molecule has 2 N–H and O–H groups in total. The molecule has 130 valence electrons. The predicted octanol–water partition coefficient (Wildman–Crippen LogP) is 2.63. The Bertz CT molecular complexity index is 806. The summed E-state index contributed by atoms with van der Waals surface area (Å²) < 4.78 is 18.2. The Kier molecular flexibility index (Phi) is 6.08. The molecule has 0 saturated carbocycles. The minimum absolute atomic E-state index is 0.0521. The Labute approximate surface area is 147 Å². The smallest absolute Gasteiger partial charge is 0.337 e. The van der Waals surface area contributed by atoms with E-state index in [1.54, 1.807) is 12.1 Å². The van der Waals surface area contributed by atoms with Crippen molar-refractivity contribution in [3.63, 3.8) is 0 Å². The van der Waals surface area contributed by atoms with Gasteiger partial charge in [-0.25, -0.2) is 9.18 Å². The number of ether oxygens (including phenoxy) is 1. The highest BCUT2D eigenvalue weighted by molar-refractivity contribution is 6.33. The molecule has 6 nitrogen and oxygen atoms in total. The zero-order chi connectivity index (χ0) is 18.4. The second-order valence-electron chi connectivity index (χ2n) is 4.90. The van der Waals surface area contributed by atoms with Crippen LogP contribution in [0.5, 0.6) is 0 Å². The minimum Gasteiger partial charge on any atom is -0.465 e. The summed E-state index contributed by atoms with van der Waals surface area (Å²) in [7, 11) is 1.25. The van der Waals surface area contributed by atoms with Crippen molar-refractivity contribution in [1.29, 1.82) is 0 Å². The molecule has 8 heteroatoms. The quantitative estimate of drug-likeness (QED) is 0.799. The summed E-state index contributed by atoms with van der Waals surface area (Å²) in [6, 6.07) is 9.94. The lowest BCUT2D eigenvalue weighted by Crippen LogP contribution is -2.33. The summed E-state index contributed by atoms with van der Waals surface area (Å²) in [6.45, 7) is -0.397. The third-order valence-corrected chi connectivity index (χ3v) is 3.48. The van der Waals surface area contributed by atoms with Gasteiger partial charge in [0.05, 0.1) is 29.8 Å². The van der Waals surface area contributed by atoms with E-state index in [1.807, 2.05) is 0 Å². The average Bonchev–Trinajstić information content (AvgIpc) is 2.59. The standard InChI is InChI=1S/C17H14ClFN2O4/c1-25-17(24)10-4-2-5-11(8-10)21-14(22)9-20-16(23)15-12(18)6-3-7-13(15)19/h2-8H,9H2,1H3,(H,20,23)(H,21,22). The van der Waals surface area contributed by atoms with Gasteiger partial charge in [0.1, 0.15) is 5.82 Å². The van der Waals surface area contributed by atoms with Gasteiger partial charge in [0.15, 0.2) is 0 Å². The van der Waals surface area contributed by atoms with Crippen molar-refractivity contribution < 1.29 is 23.5 Å². The number of benzene rings is 2. The molecule has 0 atom stereocenters. The second kappa shape index (κ2) is 8.25. The lowest BCUT2D eigenvalue weighted by atomic mass is 10.2. The molecular weight excluding hydrogens is 351 g/mol. The predicted molar refractivity (Wildman–Crippen MR) is 90.2 cm³/mol. The van der Waals surface area contributed by atoms with Crippen molar-refractivity contribution >= 4 is 35.1 Å². The summed E-state index contributed by atoms with van der Waals surface area (Å²) in [5.74, 6) is -2.68. The van der Waals surface area contributed by atoms with Crippen molar-refractivity contribution in [3.8, 4) is 0 Å². The average molecular weight is 365 g/mol. The molecule has 2 amide bonds. The summed E-state index contributed by atoms with van der Waals surface area (Å²) in [5, 5.41) is 4.74. The van der Waals surface area contributed by atoms with Crippen molar-refractivity contribution in [2.75, 3.05) is 19.0 Å². The molecule has 0 heterocycles. The highest BCUT2D eigenvalue weighted by Gasteiger charge is 2.16. The number of methoxy groups -OCH3 is 1. The summed E-state index contributed by atoms with van der Waals surface area (Å²) >= 11 is 5.79. The number of carbonyl (C=O) groups excluding carboxylic acids is 3. The fourth-order valence-corrected chi connectivity index (χ4v) is 2.26. The molecule has 0 bridgehead atoms. The topological polar surface area (TPSA) is 84.5 Å². The lowest BCUT2D eigenvalue weighted by Gasteiger charge is -2.09. The van der Waals surface area contributed by atoms with E-state index in [0.29, 0.717) is 5.69 Å². The number of amides is 2. The first kappa shape index (κ1) is 18.4. The Morgan fingerprint density at radius 3 is 2.56 bits per heavy atom. The number of nitrogens with one attached hydrogen (secondary N) is 2. The van der Waals surface area contributed by atoms with Crippen LogP contribution in [0.1, 0.15) is 20.7 Å². The maximum atomic E-state index is 13.6. The van der Waals surface area contributed by atoms with E-state index in [4.69, 9.17) is 11.6 Å². The first-order valence-electron chi connectivity index (χ1n) is 7.13. The minimum atomic E-state index is -0.804. The van der Waals surface area contributed by atoms with Crippen LogP contribution in [0, 0.1) is 5.82 Å². The van der Waals surface area contributed by atoms with Crippen molar-refractivity contribution in [2.24, 2.45) is 0 Å². The molecule has 2 aromatic carbocycles. The monoisotopic (exact) mass is 364 g/mol. The number of hydrogen-bond donors (Lipinski definition) is 2. The van der Waals surface area contributed by atoms with Crippen LogP contribution in [0.3, 0.4) is 0 Å². The molecule has 0 aliphatic carbocycles. The zero-order valence-electron chi connectivity index (χ0n) is 13.1. The van der Waals surface area contributed by atoms with Crippen molar-refractivity contribution in [3.05, 3.63) is 64.4 Å². The highest BCUT2D eigenvalue weighted by Crippen LogP contribution is 2.18. The van der Waals surface area contributed by atoms with Crippen LogP contribution >= 0.6 is 11.6 Å². The molecule has 0 unspecified atom stereocenters. The SMILES string of the molecule is COC(=O)c1cccc(NC(=O)CNC(=O)c2c(F)cccc2Cl)c1. The molecule has 2 aromatic rings. The van der Waals surface area contributed by atoms with E-state index in [9.17, 15) is 18.8 Å². The molecule has 0 aliphatic heterocycles. The number of anilines is 1. The Hall–Kier alpha value is -2.93. The van der Waals surface area contributed by atoms with Gasteiger partial charge in [-0.05, 0) is 30.3 Å². The van der Waals surface area contributed by atoms with E-state index in [1.165, 1.54) is 31.4 Å². The van der Waals surface area contributed by atoms with Gasteiger partial charge in [-0.3, -0.25) is 9.59 Å². The van der Waals surface area contributed by atoms with Crippen LogP contribution in [0.15, 0.2) is 42.5 Å². The Balaban J connectivity index is 1.97. The van der Waals surface area contributed by atoms with Gasteiger partial charge in [-0.2, -0.15) is 0 Å². The molecule has 0 aromatic heterocycles. The molecular formula is C17H14ClFN2O4. The summed E-state index contributed by atoms with van der Waals surface area (Å²) in [6.07, 6.45) is 0. The largest absolute Gasteiger partial charge is 0.465 e. The van der Waals surface area contributed by atoms with Crippen molar-refractivity contribution in [1.82, 2.24) is 5.32 Å². The van der Waals surface area contributed by atoms with Gasteiger partial charge in [0.2, 0.25) is 5.91 Å². The van der Waals surface area contributed by atoms with Crippen LogP contribution in [0.2, 0.25) is 5.02 Å². The fourth-order valence-electron chi connectivity index (χ4n) is 2.01. The molecule has 0 fully saturated rings. The number of rotatable bonds is 5. The summed E-state index contributed by atoms with van der Waals surface area (Å²) in [4.78, 5) is 35.3. The molecule has 0 spiro atoms. The Morgan fingerprint density at radius 1 is 1.16 bits per heavy atom. The number of halogens is 2. The van der Waals surface area contributed by atoms with Gasteiger partial charge in [-0.15, -0.1) is 0 Å². The third-order valence-electron chi connectivity index (χ3n) is 3.17. The van der Waals surface area contributed by atoms with Gasteiger partial charge < -0.3 is 15.4 Å². The van der Waals surface area contributed by atoms with E-state index in [2.05, 4.69) is 15.4 Å². The summed E-state index contributed by atoms with van der Waals surface area (Å²) in [5.41, 5.74) is 0.290. The van der Waals surface area contributed by atoms with Gasteiger partial charge in [0.25, 0.3) is 5.91 Å². The van der Waals surface area contributed by atoms with E-state index < -0.39 is 30.1 Å². The van der Waals surface area contributed by atoms with Gasteiger partial charge >= 0.3 is 5.97 Å². The first-order chi connectivity index (χ1) is 11.9. The first-order valence-corrected chi connectivity index (χ1v) is 7.50. The number of hydrogen-bond acceptors (Lipinski definition) is 4. The maximum Gasteiger partial charge on any atom is 0.337 e. The van der Waals surface area contributed by atoms with Crippen LogP contribution in [0.4, 0.5) is 10.1 Å². The normalized spacial score (nSPS) is 10.0. The third kappa shape index (κ3) is 4.77. The van der Waals surface area contributed by atoms with Gasteiger partial charge in [0, 0.05) is 5.69 Å². The fraction of sp³-hybridized carbons (Fsp3) is 0.118. The molecule has 25 heavy (non-hydrogen) atoms. The maximum absolute atomic E-state index is 13.6. The van der Waals surface area contributed by atoms with Crippen LogP contribution in [-0.2, 0) is 9.53 Å². The zero-order valence-corrected chi connectivity index (χ0v) is 13.9. The highest BCUT2D eigenvalue weighted by atomic mass is 35.5. The molecule has 0 aliphatic rings. The second-order valence-corrected chi connectivity index (χ2v) is 5.31. The van der Waals surface area contributed by atoms with Crippen LogP contribution < -0.4 is 10.6 Å². The Morgan fingerprint density at radius 2 is 1.88 bits per heavy atom. The number of esters is 1. The van der Waals surface area contributed by atoms with E-state index >= 15 is 0 Å². The number of carbonyl (C=O) groups is 3. The molecule has 2 rings (SSSR count). The van der Waals surface area contributed by atoms with E-state index in [0.717, 1.165) is 6.07 Å².